The minimum absolute atomic E-state index is 0. The highest BCUT2D eigenvalue weighted by atomic mass is 35.5. The minimum Gasteiger partial charge on any atom is -0.336 e. The van der Waals surface area contributed by atoms with Crippen molar-refractivity contribution in [2.75, 3.05) is 19.6 Å². The molecular weight excluding hydrogens is 272 g/mol. The molecule has 1 N–H and O–H groups in total. The molecule has 0 aromatic heterocycles. The molecule has 0 aliphatic carbocycles. The largest absolute Gasteiger partial charge is 0.336 e. The number of amides is 1. The van der Waals surface area contributed by atoms with E-state index in [9.17, 15) is 4.79 Å². The Morgan fingerprint density at radius 3 is 2.70 bits per heavy atom. The Morgan fingerprint density at radius 1 is 1.20 bits per heavy atom. The van der Waals surface area contributed by atoms with E-state index in [1.807, 2.05) is 41.3 Å². The van der Waals surface area contributed by atoms with Gasteiger partial charge in [0.15, 0.2) is 0 Å². The summed E-state index contributed by atoms with van der Waals surface area (Å²) in [4.78, 5) is 14.4. The molecule has 1 saturated heterocycles. The topological polar surface area (TPSA) is 32.3 Å². The summed E-state index contributed by atoms with van der Waals surface area (Å²) in [5, 5.41) is 5.65. The lowest BCUT2D eigenvalue weighted by atomic mass is 10.1. The van der Waals surface area contributed by atoms with E-state index in [4.69, 9.17) is 0 Å². The van der Waals surface area contributed by atoms with Crippen LogP contribution in [-0.4, -0.2) is 36.5 Å². The predicted octanol–water partition coefficient (Wildman–Crippen LogP) is 2.70. The Morgan fingerprint density at radius 2 is 1.95 bits per heavy atom. The summed E-state index contributed by atoms with van der Waals surface area (Å²) in [5.74, 6) is 0.138. The van der Waals surface area contributed by atoms with Crippen molar-refractivity contribution < 1.29 is 4.79 Å². The van der Waals surface area contributed by atoms with Crippen LogP contribution in [0, 0.1) is 0 Å². The number of fused-ring (bicyclic) bond motifs is 1. The van der Waals surface area contributed by atoms with E-state index in [2.05, 4.69) is 18.3 Å². The summed E-state index contributed by atoms with van der Waals surface area (Å²) in [7, 11) is 0. The summed E-state index contributed by atoms with van der Waals surface area (Å²) in [6.07, 6.45) is 0. The van der Waals surface area contributed by atoms with E-state index in [1.165, 1.54) is 5.39 Å². The van der Waals surface area contributed by atoms with Crippen molar-refractivity contribution in [3.8, 4) is 0 Å². The molecule has 0 radical (unpaired) electrons. The quantitative estimate of drug-likeness (QED) is 0.876. The fourth-order valence-electron chi connectivity index (χ4n) is 2.62. The van der Waals surface area contributed by atoms with Gasteiger partial charge in [-0.05, 0) is 29.8 Å². The van der Waals surface area contributed by atoms with Gasteiger partial charge in [-0.1, -0.05) is 30.3 Å². The Hall–Kier alpha value is -1.58. The van der Waals surface area contributed by atoms with E-state index in [0.29, 0.717) is 6.04 Å². The number of halogens is 1. The SMILES string of the molecule is C[C@H]1CN(C(=O)c2ccc3ccccc3c2)CCN1.Cl. The van der Waals surface area contributed by atoms with Crippen molar-refractivity contribution in [1.82, 2.24) is 10.2 Å². The maximum Gasteiger partial charge on any atom is 0.253 e. The molecule has 0 saturated carbocycles. The summed E-state index contributed by atoms with van der Waals surface area (Å²) in [5.41, 5.74) is 0.785. The summed E-state index contributed by atoms with van der Waals surface area (Å²) < 4.78 is 0. The third-order valence-electron chi connectivity index (χ3n) is 3.65. The second-order valence-electron chi connectivity index (χ2n) is 5.17. The third kappa shape index (κ3) is 2.94. The molecule has 2 aromatic carbocycles. The first-order chi connectivity index (χ1) is 9.24. The van der Waals surface area contributed by atoms with Gasteiger partial charge < -0.3 is 10.2 Å². The molecule has 0 unspecified atom stereocenters. The van der Waals surface area contributed by atoms with Crippen molar-refractivity contribution in [3.63, 3.8) is 0 Å². The van der Waals surface area contributed by atoms with Gasteiger partial charge >= 0.3 is 0 Å². The monoisotopic (exact) mass is 290 g/mol. The summed E-state index contributed by atoms with van der Waals surface area (Å²) in [6.45, 7) is 4.56. The maximum atomic E-state index is 12.5. The molecule has 3 rings (SSSR count). The van der Waals surface area contributed by atoms with Crippen LogP contribution < -0.4 is 5.32 Å². The van der Waals surface area contributed by atoms with Gasteiger partial charge in [0.25, 0.3) is 5.91 Å². The fraction of sp³-hybridized carbons (Fsp3) is 0.312. The highest BCUT2D eigenvalue weighted by molar-refractivity contribution is 5.98. The lowest BCUT2D eigenvalue weighted by molar-refractivity contribution is 0.0709. The van der Waals surface area contributed by atoms with Crippen LogP contribution in [-0.2, 0) is 0 Å². The van der Waals surface area contributed by atoms with Gasteiger partial charge in [-0.2, -0.15) is 0 Å². The van der Waals surface area contributed by atoms with Crippen molar-refractivity contribution in [3.05, 3.63) is 48.0 Å². The normalized spacial score (nSPS) is 18.6. The molecule has 1 atom stereocenters. The van der Waals surface area contributed by atoms with Crippen molar-refractivity contribution in [2.45, 2.75) is 13.0 Å². The van der Waals surface area contributed by atoms with Crippen LogP contribution in [0.3, 0.4) is 0 Å². The van der Waals surface area contributed by atoms with Gasteiger partial charge in [-0.3, -0.25) is 4.79 Å². The van der Waals surface area contributed by atoms with Crippen LogP contribution in [0.25, 0.3) is 10.8 Å². The number of rotatable bonds is 1. The van der Waals surface area contributed by atoms with E-state index in [0.717, 1.165) is 30.6 Å². The van der Waals surface area contributed by atoms with Crippen molar-refractivity contribution in [1.29, 1.82) is 0 Å². The molecule has 3 nitrogen and oxygen atoms in total. The van der Waals surface area contributed by atoms with Crippen molar-refractivity contribution >= 4 is 29.1 Å². The van der Waals surface area contributed by atoms with Crippen molar-refractivity contribution in [2.24, 2.45) is 0 Å². The fourth-order valence-corrected chi connectivity index (χ4v) is 2.62. The van der Waals surface area contributed by atoms with Crippen LogP contribution >= 0.6 is 12.4 Å². The zero-order valence-electron chi connectivity index (χ0n) is 11.5. The van der Waals surface area contributed by atoms with Crippen LogP contribution in [0.15, 0.2) is 42.5 Å². The van der Waals surface area contributed by atoms with Gasteiger partial charge in [0.05, 0.1) is 0 Å². The second-order valence-corrected chi connectivity index (χ2v) is 5.17. The second kappa shape index (κ2) is 6.25. The lowest BCUT2D eigenvalue weighted by Gasteiger charge is -2.32. The van der Waals surface area contributed by atoms with E-state index < -0.39 is 0 Å². The number of hydrogen-bond acceptors (Lipinski definition) is 2. The predicted molar refractivity (Wildman–Crippen MR) is 84.6 cm³/mol. The number of carbonyl (C=O) groups excluding carboxylic acids is 1. The van der Waals surface area contributed by atoms with Crippen LogP contribution in [0.1, 0.15) is 17.3 Å². The molecule has 20 heavy (non-hydrogen) atoms. The van der Waals surface area contributed by atoms with Crippen LogP contribution in [0.5, 0.6) is 0 Å². The molecular formula is C16H19ClN2O. The number of benzene rings is 2. The van der Waals surface area contributed by atoms with Gasteiger partial charge in [-0.25, -0.2) is 0 Å². The number of piperazine rings is 1. The number of carbonyl (C=O) groups is 1. The van der Waals surface area contributed by atoms with Gasteiger partial charge in [0.2, 0.25) is 0 Å². The molecule has 106 valence electrons. The summed E-state index contributed by atoms with van der Waals surface area (Å²) in [6, 6.07) is 14.4. The molecule has 1 aliphatic rings. The van der Waals surface area contributed by atoms with E-state index >= 15 is 0 Å². The zero-order valence-corrected chi connectivity index (χ0v) is 12.3. The van der Waals surface area contributed by atoms with Gasteiger partial charge in [0.1, 0.15) is 0 Å². The van der Waals surface area contributed by atoms with E-state index in [1.54, 1.807) is 0 Å². The summed E-state index contributed by atoms with van der Waals surface area (Å²) >= 11 is 0. The average Bonchev–Trinajstić information content (AvgIpc) is 2.46. The molecule has 4 heteroatoms. The Labute approximate surface area is 125 Å². The minimum atomic E-state index is 0. The van der Waals surface area contributed by atoms with E-state index in [-0.39, 0.29) is 18.3 Å². The Balaban J connectivity index is 0.00000147. The number of nitrogens with zero attached hydrogens (tertiary/aromatic N) is 1. The van der Waals surface area contributed by atoms with Gasteiger partial charge in [0, 0.05) is 31.2 Å². The molecule has 1 amide bonds. The lowest BCUT2D eigenvalue weighted by Crippen LogP contribution is -2.51. The highest BCUT2D eigenvalue weighted by Gasteiger charge is 2.21. The first kappa shape index (κ1) is 14.8. The molecule has 1 aliphatic heterocycles. The maximum absolute atomic E-state index is 12.5. The zero-order chi connectivity index (χ0) is 13.2. The van der Waals surface area contributed by atoms with Crippen LogP contribution in [0.4, 0.5) is 0 Å². The third-order valence-corrected chi connectivity index (χ3v) is 3.65. The number of hydrogen-bond donors (Lipinski definition) is 1. The molecule has 0 bridgehead atoms. The number of nitrogens with one attached hydrogen (secondary N) is 1. The Bertz CT molecular complexity index is 614. The molecule has 0 spiro atoms. The molecule has 2 aromatic rings. The van der Waals surface area contributed by atoms with Crippen LogP contribution in [0.2, 0.25) is 0 Å². The van der Waals surface area contributed by atoms with Gasteiger partial charge in [-0.15, -0.1) is 12.4 Å². The molecule has 1 fully saturated rings. The standard InChI is InChI=1S/C16H18N2O.ClH/c1-12-11-18(9-8-17-12)16(19)15-7-6-13-4-2-3-5-14(13)10-15;/h2-7,10,12,17H,8-9,11H2,1H3;1H/t12-;/m0./s1. The molecule has 1 heterocycles. The smallest absolute Gasteiger partial charge is 0.253 e. The highest BCUT2D eigenvalue weighted by Crippen LogP contribution is 2.17. The Kier molecular flexibility index (Phi) is 4.63. The first-order valence-electron chi connectivity index (χ1n) is 6.75. The average molecular weight is 291 g/mol. The first-order valence-corrected chi connectivity index (χ1v) is 6.75.